The van der Waals surface area contributed by atoms with E-state index in [1.54, 1.807) is 4.90 Å². The Kier molecular flexibility index (Phi) is 7.75. The lowest BCUT2D eigenvalue weighted by molar-refractivity contribution is -0.136. The van der Waals surface area contributed by atoms with E-state index in [9.17, 15) is 9.59 Å². The van der Waals surface area contributed by atoms with Crippen LogP contribution in [0.4, 0.5) is 5.82 Å². The summed E-state index contributed by atoms with van der Waals surface area (Å²) in [5.74, 6) is 1.25. The number of hydrogen-bond acceptors (Lipinski definition) is 3. The lowest BCUT2D eigenvalue weighted by atomic mass is 9.92. The monoisotopic (exact) mass is 418 g/mol. The number of carbonyl (C=O) groups excluding carboxylic acids is 2. The minimum absolute atomic E-state index is 0.00973. The van der Waals surface area contributed by atoms with Crippen LogP contribution in [-0.4, -0.2) is 39.1 Å². The fraction of sp³-hybridized carbons (Fsp3) is 0.792. The van der Waals surface area contributed by atoms with Gasteiger partial charge in [-0.15, -0.1) is 0 Å². The second kappa shape index (κ2) is 9.52. The Morgan fingerprint density at radius 2 is 1.77 bits per heavy atom. The van der Waals surface area contributed by atoms with Crippen LogP contribution in [0.1, 0.15) is 99.6 Å². The highest BCUT2D eigenvalue weighted by Gasteiger charge is 2.27. The highest BCUT2D eigenvalue weighted by Crippen LogP contribution is 2.29. The van der Waals surface area contributed by atoms with Crippen LogP contribution in [0.15, 0.2) is 6.07 Å². The summed E-state index contributed by atoms with van der Waals surface area (Å²) >= 11 is 0. The topological polar surface area (TPSA) is 67.2 Å². The zero-order valence-corrected chi connectivity index (χ0v) is 20.3. The number of hydrogen-bond donors (Lipinski definition) is 1. The zero-order valence-electron chi connectivity index (χ0n) is 20.3. The van der Waals surface area contributed by atoms with Crippen LogP contribution in [0, 0.1) is 5.92 Å². The van der Waals surface area contributed by atoms with Gasteiger partial charge in [0.05, 0.1) is 11.2 Å². The molecule has 0 saturated heterocycles. The Hall–Kier alpha value is -1.85. The molecule has 2 rings (SSSR count). The Labute approximate surface area is 182 Å². The van der Waals surface area contributed by atoms with E-state index in [2.05, 4.69) is 46.9 Å². The van der Waals surface area contributed by atoms with Gasteiger partial charge in [-0.3, -0.25) is 9.59 Å². The van der Waals surface area contributed by atoms with Gasteiger partial charge in [-0.2, -0.15) is 5.10 Å². The van der Waals surface area contributed by atoms with Crippen molar-refractivity contribution in [3.05, 3.63) is 11.8 Å². The number of rotatable bonds is 7. The molecule has 1 saturated carbocycles. The molecule has 170 valence electrons. The number of amides is 2. The van der Waals surface area contributed by atoms with Gasteiger partial charge in [0, 0.05) is 23.9 Å². The molecule has 0 atom stereocenters. The highest BCUT2D eigenvalue weighted by molar-refractivity contribution is 5.94. The van der Waals surface area contributed by atoms with E-state index in [-0.39, 0.29) is 35.4 Å². The van der Waals surface area contributed by atoms with Gasteiger partial charge < -0.3 is 10.2 Å². The van der Waals surface area contributed by atoms with Gasteiger partial charge in [-0.1, -0.05) is 46.5 Å². The van der Waals surface area contributed by atoms with E-state index in [0.29, 0.717) is 18.2 Å². The third-order valence-electron chi connectivity index (χ3n) is 5.88. The molecule has 0 radical (unpaired) electrons. The second-order valence-electron chi connectivity index (χ2n) is 11.1. The highest BCUT2D eigenvalue weighted by atomic mass is 16.2. The summed E-state index contributed by atoms with van der Waals surface area (Å²) in [4.78, 5) is 27.4. The van der Waals surface area contributed by atoms with Crippen LogP contribution >= 0.6 is 0 Å². The average Bonchev–Trinajstić information content (AvgIpc) is 3.26. The molecule has 1 heterocycles. The van der Waals surface area contributed by atoms with Crippen molar-refractivity contribution >= 4 is 17.6 Å². The smallest absolute Gasteiger partial charge is 0.245 e. The van der Waals surface area contributed by atoms with Crippen molar-refractivity contribution in [2.75, 3.05) is 11.9 Å². The maximum atomic E-state index is 12.9. The predicted molar refractivity (Wildman–Crippen MR) is 123 cm³/mol. The molecular weight excluding hydrogens is 376 g/mol. The number of aromatic nitrogens is 2. The average molecular weight is 419 g/mol. The minimum Gasteiger partial charge on any atom is -0.331 e. The maximum Gasteiger partial charge on any atom is 0.245 e. The van der Waals surface area contributed by atoms with Crippen LogP contribution in [0.3, 0.4) is 0 Å². The minimum atomic E-state index is -0.263. The van der Waals surface area contributed by atoms with Gasteiger partial charge in [0.15, 0.2) is 0 Å². The summed E-state index contributed by atoms with van der Waals surface area (Å²) in [5.41, 5.74) is 0.554. The summed E-state index contributed by atoms with van der Waals surface area (Å²) in [6.07, 6.45) is 6.52. The first-order valence-corrected chi connectivity index (χ1v) is 11.5. The Morgan fingerprint density at radius 3 is 2.27 bits per heavy atom. The van der Waals surface area contributed by atoms with Crippen molar-refractivity contribution in [2.45, 2.75) is 111 Å². The number of anilines is 1. The van der Waals surface area contributed by atoms with Crippen molar-refractivity contribution in [1.29, 1.82) is 0 Å². The summed E-state index contributed by atoms with van der Waals surface area (Å²) in [6, 6.07) is 1.94. The first-order valence-electron chi connectivity index (χ1n) is 11.5. The number of nitrogens with zero attached hydrogens (tertiary/aromatic N) is 3. The summed E-state index contributed by atoms with van der Waals surface area (Å²) in [7, 11) is 0. The van der Waals surface area contributed by atoms with Crippen LogP contribution in [0.2, 0.25) is 0 Å². The predicted octanol–water partition coefficient (Wildman–Crippen LogP) is 5.08. The van der Waals surface area contributed by atoms with E-state index < -0.39 is 0 Å². The fourth-order valence-corrected chi connectivity index (χ4v) is 4.01. The molecule has 1 aromatic heterocycles. The normalized spacial score (nSPS) is 15.6. The number of carbonyl (C=O) groups is 2. The Balaban J connectivity index is 2.08. The maximum absolute atomic E-state index is 12.9. The molecule has 1 N–H and O–H groups in total. The summed E-state index contributed by atoms with van der Waals surface area (Å²) < 4.78 is 1.87. The largest absolute Gasteiger partial charge is 0.331 e. The Bertz CT molecular complexity index is 731. The van der Waals surface area contributed by atoms with Gasteiger partial charge in [-0.25, -0.2) is 4.68 Å². The molecule has 0 bridgehead atoms. The number of nitrogens with one attached hydrogen (secondary N) is 1. The van der Waals surface area contributed by atoms with Gasteiger partial charge in [0.25, 0.3) is 0 Å². The molecular formula is C24H42N4O2. The molecule has 0 aliphatic heterocycles. The summed E-state index contributed by atoms with van der Waals surface area (Å²) in [6.45, 7) is 16.5. The lowest BCUT2D eigenvalue weighted by Gasteiger charge is -2.27. The molecule has 1 aromatic rings. The van der Waals surface area contributed by atoms with E-state index in [4.69, 9.17) is 5.10 Å². The molecule has 6 heteroatoms. The zero-order chi connectivity index (χ0) is 22.7. The van der Waals surface area contributed by atoms with E-state index in [1.807, 2.05) is 24.6 Å². The van der Waals surface area contributed by atoms with Crippen molar-refractivity contribution in [2.24, 2.45) is 5.92 Å². The van der Waals surface area contributed by atoms with E-state index in [1.165, 1.54) is 25.7 Å². The summed E-state index contributed by atoms with van der Waals surface area (Å²) in [5, 5.41) is 7.76. The molecule has 0 spiro atoms. The molecule has 30 heavy (non-hydrogen) atoms. The molecule has 1 aliphatic rings. The van der Waals surface area contributed by atoms with Crippen LogP contribution in [0.5, 0.6) is 0 Å². The third kappa shape index (κ3) is 6.58. The van der Waals surface area contributed by atoms with Gasteiger partial charge >= 0.3 is 0 Å². The lowest BCUT2D eigenvalue weighted by Crippen LogP contribution is -2.42. The third-order valence-corrected chi connectivity index (χ3v) is 5.88. The van der Waals surface area contributed by atoms with E-state index in [0.717, 1.165) is 12.1 Å². The van der Waals surface area contributed by atoms with Crippen LogP contribution in [0.25, 0.3) is 0 Å². The fourth-order valence-electron chi connectivity index (χ4n) is 4.01. The second-order valence-corrected chi connectivity index (χ2v) is 11.1. The SMILES string of the molecule is CC(C)N(CC(=O)Nc1cc(C(C)(C)C)nn1C(C)(C)C)C(=O)CCC1CCCC1. The Morgan fingerprint density at radius 1 is 1.17 bits per heavy atom. The molecule has 0 aromatic carbocycles. The molecule has 6 nitrogen and oxygen atoms in total. The van der Waals surface area contributed by atoms with Gasteiger partial charge in [-0.05, 0) is 47.0 Å². The van der Waals surface area contributed by atoms with Crippen LogP contribution in [-0.2, 0) is 20.5 Å². The molecule has 2 amide bonds. The van der Waals surface area contributed by atoms with Crippen molar-refractivity contribution in [3.8, 4) is 0 Å². The van der Waals surface area contributed by atoms with Crippen molar-refractivity contribution in [1.82, 2.24) is 14.7 Å². The van der Waals surface area contributed by atoms with E-state index >= 15 is 0 Å². The van der Waals surface area contributed by atoms with Crippen molar-refractivity contribution in [3.63, 3.8) is 0 Å². The molecule has 1 aliphatic carbocycles. The quantitative estimate of drug-likeness (QED) is 0.671. The molecule has 1 fully saturated rings. The standard InChI is InChI=1S/C24H42N4O2/c1-17(2)27(22(30)14-13-18-11-9-10-12-18)16-21(29)25-20-15-19(23(3,4)5)26-28(20)24(6,7)8/h15,17-18H,9-14,16H2,1-8H3,(H,25,29). The first kappa shape index (κ1) is 24.4. The van der Waals surface area contributed by atoms with Gasteiger partial charge in [0.1, 0.15) is 12.4 Å². The van der Waals surface area contributed by atoms with Crippen LogP contribution < -0.4 is 5.32 Å². The first-order chi connectivity index (χ1) is 13.8. The molecule has 0 unspecified atom stereocenters. The van der Waals surface area contributed by atoms with Gasteiger partial charge in [0.2, 0.25) is 11.8 Å². The van der Waals surface area contributed by atoms with Crippen molar-refractivity contribution < 1.29 is 9.59 Å².